The fourth-order valence-electron chi connectivity index (χ4n) is 2.31. The lowest BCUT2D eigenvalue weighted by Gasteiger charge is -2.14. The van der Waals surface area contributed by atoms with E-state index in [0.29, 0.717) is 5.56 Å². The monoisotopic (exact) mass is 425 g/mol. The Morgan fingerprint density at radius 3 is 2.38 bits per heavy atom. The van der Waals surface area contributed by atoms with Crippen LogP contribution in [0.3, 0.4) is 0 Å². The molecule has 0 radical (unpaired) electrons. The van der Waals surface area contributed by atoms with Crippen LogP contribution in [0.2, 0.25) is 5.02 Å². The highest BCUT2D eigenvalue weighted by molar-refractivity contribution is 6.32. The summed E-state index contributed by atoms with van der Waals surface area (Å²) in [4.78, 5) is 36.0. The number of ether oxygens (including phenoxy) is 2. The Balaban J connectivity index is 1.83. The lowest BCUT2D eigenvalue weighted by Crippen LogP contribution is -2.30. The number of esters is 1. The first kappa shape index (κ1) is 22.3. The predicted octanol–water partition coefficient (Wildman–Crippen LogP) is 4.47. The Morgan fingerprint density at radius 1 is 1.07 bits per heavy atom. The minimum absolute atomic E-state index is 0.0433. The molecule has 0 aromatic heterocycles. The lowest BCUT2D eigenvalue weighted by molar-refractivity contribution is -0.153. The Hall–Kier alpha value is -3.00. The number of carbonyl (C=O) groups excluding carboxylic acids is 3. The zero-order chi connectivity index (χ0) is 21.4. The molecule has 0 saturated carbocycles. The van der Waals surface area contributed by atoms with Crippen LogP contribution in [0.15, 0.2) is 48.5 Å². The van der Waals surface area contributed by atoms with Crippen LogP contribution in [0, 0.1) is 0 Å². The van der Waals surface area contributed by atoms with Crippen molar-refractivity contribution in [3.63, 3.8) is 0 Å². The fraction of sp³-hybridized carbons (Fsp3) is 0.250. The van der Waals surface area contributed by atoms with Gasteiger partial charge in [0.2, 0.25) is 0 Å². The first-order valence-corrected chi connectivity index (χ1v) is 8.97. The molecule has 1 amide bonds. The standard InChI is InChI=1S/C20H18ClF2NO5/c1-12(28-18(26)10-8-16(25)13-5-3-2-4-6-13)19(27)24-14-7-9-17(15(21)11-14)29-20(22)23/h2-7,9,11-12,20H,8,10H2,1H3,(H,24,27). The number of hydrogen-bond donors (Lipinski definition) is 1. The largest absolute Gasteiger partial charge is 0.453 e. The SMILES string of the molecule is CC(OC(=O)CCC(=O)c1ccccc1)C(=O)Nc1ccc(OC(F)F)c(Cl)c1. The zero-order valence-corrected chi connectivity index (χ0v) is 16.1. The number of alkyl halides is 2. The van der Waals surface area contributed by atoms with Crippen molar-refractivity contribution in [2.45, 2.75) is 32.5 Å². The molecule has 1 N–H and O–H groups in total. The summed E-state index contributed by atoms with van der Waals surface area (Å²) in [6, 6.07) is 12.2. The van der Waals surface area contributed by atoms with Crippen molar-refractivity contribution in [1.29, 1.82) is 0 Å². The van der Waals surface area contributed by atoms with Crippen LogP contribution in [0.1, 0.15) is 30.1 Å². The van der Waals surface area contributed by atoms with Crippen LogP contribution < -0.4 is 10.1 Å². The third-order valence-electron chi connectivity index (χ3n) is 3.74. The number of Topliss-reactive ketones (excluding diaryl/α,β-unsaturated/α-hetero) is 1. The third kappa shape index (κ3) is 7.15. The molecule has 0 aliphatic rings. The molecule has 0 aliphatic carbocycles. The van der Waals surface area contributed by atoms with Gasteiger partial charge >= 0.3 is 12.6 Å². The van der Waals surface area contributed by atoms with Crippen LogP contribution >= 0.6 is 11.6 Å². The van der Waals surface area contributed by atoms with Crippen molar-refractivity contribution in [3.8, 4) is 5.75 Å². The number of nitrogens with one attached hydrogen (secondary N) is 1. The van der Waals surface area contributed by atoms with Crippen LogP contribution in [0.25, 0.3) is 0 Å². The van der Waals surface area contributed by atoms with Gasteiger partial charge < -0.3 is 14.8 Å². The molecule has 29 heavy (non-hydrogen) atoms. The van der Waals surface area contributed by atoms with Crippen molar-refractivity contribution in [3.05, 3.63) is 59.1 Å². The molecule has 0 saturated heterocycles. The first-order chi connectivity index (χ1) is 13.8. The summed E-state index contributed by atoms with van der Waals surface area (Å²) in [5, 5.41) is 2.33. The van der Waals surface area contributed by atoms with Gasteiger partial charge in [-0.15, -0.1) is 0 Å². The van der Waals surface area contributed by atoms with Crippen LogP contribution in [0.4, 0.5) is 14.5 Å². The van der Waals surface area contributed by atoms with Gasteiger partial charge in [-0.3, -0.25) is 14.4 Å². The van der Waals surface area contributed by atoms with Crippen molar-refractivity contribution in [1.82, 2.24) is 0 Å². The Labute approximate surface area is 170 Å². The van der Waals surface area contributed by atoms with Crippen molar-refractivity contribution < 1.29 is 32.6 Å². The highest BCUT2D eigenvalue weighted by Crippen LogP contribution is 2.29. The van der Waals surface area contributed by atoms with E-state index in [4.69, 9.17) is 16.3 Å². The molecule has 0 heterocycles. The molecule has 2 aromatic rings. The summed E-state index contributed by atoms with van der Waals surface area (Å²) in [6.07, 6.45) is -1.35. The number of rotatable bonds is 9. The number of carbonyl (C=O) groups is 3. The Kier molecular flexibility index (Phi) is 8.09. The van der Waals surface area contributed by atoms with Crippen LogP contribution in [0.5, 0.6) is 5.75 Å². The quantitative estimate of drug-likeness (QED) is 0.473. The molecule has 2 rings (SSSR count). The summed E-state index contributed by atoms with van der Waals surface area (Å²) in [5.41, 5.74) is 0.700. The second kappa shape index (κ2) is 10.5. The molecule has 6 nitrogen and oxygen atoms in total. The Morgan fingerprint density at radius 2 is 1.76 bits per heavy atom. The first-order valence-electron chi connectivity index (χ1n) is 8.59. The summed E-state index contributed by atoms with van der Waals surface area (Å²) in [5.74, 6) is -1.79. The summed E-state index contributed by atoms with van der Waals surface area (Å²) >= 11 is 5.82. The second-order valence-electron chi connectivity index (χ2n) is 5.93. The van der Waals surface area contributed by atoms with Crippen LogP contribution in [-0.4, -0.2) is 30.4 Å². The van der Waals surface area contributed by atoms with Crippen molar-refractivity contribution in [2.24, 2.45) is 0 Å². The van der Waals surface area contributed by atoms with Gasteiger partial charge in [-0.2, -0.15) is 8.78 Å². The maximum absolute atomic E-state index is 12.2. The highest BCUT2D eigenvalue weighted by atomic mass is 35.5. The van der Waals surface area contributed by atoms with Gasteiger partial charge in [-0.05, 0) is 25.1 Å². The van der Waals surface area contributed by atoms with Crippen molar-refractivity contribution in [2.75, 3.05) is 5.32 Å². The van der Waals surface area contributed by atoms with E-state index in [2.05, 4.69) is 10.1 Å². The van der Waals surface area contributed by atoms with Gasteiger partial charge in [0.05, 0.1) is 11.4 Å². The average molecular weight is 426 g/mol. The smallest absolute Gasteiger partial charge is 0.387 e. The average Bonchev–Trinajstić information content (AvgIpc) is 2.68. The predicted molar refractivity (Wildman–Crippen MR) is 102 cm³/mol. The summed E-state index contributed by atoms with van der Waals surface area (Å²) in [6.45, 7) is -1.66. The molecular formula is C20H18ClF2NO5. The van der Waals surface area contributed by atoms with E-state index in [1.807, 2.05) is 0 Å². The Bertz CT molecular complexity index is 876. The van der Waals surface area contributed by atoms with Gasteiger partial charge in [0.15, 0.2) is 11.9 Å². The third-order valence-corrected chi connectivity index (χ3v) is 4.04. The molecule has 0 aliphatic heterocycles. The van der Waals surface area contributed by atoms with Gasteiger partial charge in [0.1, 0.15) is 5.75 Å². The molecule has 0 spiro atoms. The van der Waals surface area contributed by atoms with E-state index in [0.717, 1.165) is 0 Å². The van der Waals surface area contributed by atoms with Gasteiger partial charge in [0, 0.05) is 17.7 Å². The molecule has 1 atom stereocenters. The number of hydrogen-bond acceptors (Lipinski definition) is 5. The number of amides is 1. The minimum Gasteiger partial charge on any atom is -0.453 e. The molecular weight excluding hydrogens is 408 g/mol. The second-order valence-corrected chi connectivity index (χ2v) is 6.34. The van der Waals surface area contributed by atoms with Gasteiger partial charge in [0.25, 0.3) is 5.91 Å². The minimum atomic E-state index is -3.03. The maximum atomic E-state index is 12.2. The van der Waals surface area contributed by atoms with E-state index < -0.39 is 24.6 Å². The van der Waals surface area contributed by atoms with E-state index in [-0.39, 0.29) is 35.1 Å². The molecule has 9 heteroatoms. The van der Waals surface area contributed by atoms with Gasteiger partial charge in [-0.1, -0.05) is 41.9 Å². The fourth-order valence-corrected chi connectivity index (χ4v) is 2.53. The molecule has 154 valence electrons. The topological polar surface area (TPSA) is 81.7 Å². The summed E-state index contributed by atoms with van der Waals surface area (Å²) < 4.78 is 33.7. The van der Waals surface area contributed by atoms with E-state index in [9.17, 15) is 23.2 Å². The number of anilines is 1. The number of benzene rings is 2. The molecule has 0 bridgehead atoms. The van der Waals surface area contributed by atoms with E-state index in [1.165, 1.54) is 25.1 Å². The normalized spacial score (nSPS) is 11.6. The van der Waals surface area contributed by atoms with Crippen molar-refractivity contribution >= 4 is 34.9 Å². The van der Waals surface area contributed by atoms with E-state index >= 15 is 0 Å². The number of ketones is 1. The maximum Gasteiger partial charge on any atom is 0.387 e. The highest BCUT2D eigenvalue weighted by Gasteiger charge is 2.19. The van der Waals surface area contributed by atoms with Crippen LogP contribution in [-0.2, 0) is 14.3 Å². The van der Waals surface area contributed by atoms with Gasteiger partial charge in [-0.25, -0.2) is 0 Å². The summed E-state index contributed by atoms with van der Waals surface area (Å²) in [7, 11) is 0. The number of halogens is 3. The lowest BCUT2D eigenvalue weighted by atomic mass is 10.1. The molecule has 1 unspecified atom stereocenters. The zero-order valence-electron chi connectivity index (χ0n) is 15.4. The van der Waals surface area contributed by atoms with E-state index in [1.54, 1.807) is 30.3 Å². The molecule has 2 aromatic carbocycles. The molecule has 0 fully saturated rings.